The SMILES string of the molecule is Cc1nc(N(C)Cc2ccc(F)cc2)ccc1CO. The van der Waals surface area contributed by atoms with Crippen molar-refractivity contribution in [2.45, 2.75) is 20.1 Å². The molecule has 0 radical (unpaired) electrons. The standard InChI is InChI=1S/C15H17FN2O/c1-11-13(10-19)5-8-15(17-11)18(2)9-12-3-6-14(16)7-4-12/h3-8,19H,9-10H2,1-2H3. The second-order valence-electron chi connectivity index (χ2n) is 4.55. The molecule has 100 valence electrons. The van der Waals surface area contributed by atoms with E-state index in [0.29, 0.717) is 6.54 Å². The van der Waals surface area contributed by atoms with Crippen LogP contribution in [0.1, 0.15) is 16.8 Å². The molecular formula is C15H17FN2O. The van der Waals surface area contributed by atoms with Crippen LogP contribution in [-0.4, -0.2) is 17.1 Å². The smallest absolute Gasteiger partial charge is 0.128 e. The molecule has 1 heterocycles. The highest BCUT2D eigenvalue weighted by atomic mass is 19.1. The van der Waals surface area contributed by atoms with Crippen LogP contribution in [0.4, 0.5) is 10.2 Å². The van der Waals surface area contributed by atoms with Crippen molar-refractivity contribution in [1.82, 2.24) is 4.98 Å². The first-order valence-corrected chi connectivity index (χ1v) is 6.13. The van der Waals surface area contributed by atoms with E-state index in [1.54, 1.807) is 12.1 Å². The topological polar surface area (TPSA) is 36.4 Å². The zero-order valence-electron chi connectivity index (χ0n) is 11.1. The van der Waals surface area contributed by atoms with Gasteiger partial charge in [-0.05, 0) is 36.2 Å². The molecule has 0 spiro atoms. The molecule has 3 nitrogen and oxygen atoms in total. The van der Waals surface area contributed by atoms with Gasteiger partial charge in [-0.1, -0.05) is 18.2 Å². The number of nitrogens with zero attached hydrogens (tertiary/aromatic N) is 2. The number of anilines is 1. The third kappa shape index (κ3) is 3.29. The van der Waals surface area contributed by atoms with E-state index >= 15 is 0 Å². The third-order valence-electron chi connectivity index (χ3n) is 3.08. The Morgan fingerprint density at radius 3 is 2.42 bits per heavy atom. The number of aliphatic hydroxyl groups is 1. The lowest BCUT2D eigenvalue weighted by Crippen LogP contribution is -2.18. The first kappa shape index (κ1) is 13.5. The summed E-state index contributed by atoms with van der Waals surface area (Å²) in [6.45, 7) is 2.53. The van der Waals surface area contributed by atoms with Gasteiger partial charge in [0.25, 0.3) is 0 Å². The summed E-state index contributed by atoms with van der Waals surface area (Å²) < 4.78 is 12.8. The van der Waals surface area contributed by atoms with Crippen LogP contribution < -0.4 is 4.90 Å². The molecule has 0 saturated heterocycles. The summed E-state index contributed by atoms with van der Waals surface area (Å²) in [5, 5.41) is 9.12. The Morgan fingerprint density at radius 2 is 1.84 bits per heavy atom. The van der Waals surface area contributed by atoms with E-state index in [2.05, 4.69) is 4.98 Å². The van der Waals surface area contributed by atoms with Crippen molar-refractivity contribution < 1.29 is 9.50 Å². The molecule has 1 aromatic carbocycles. The number of aromatic nitrogens is 1. The van der Waals surface area contributed by atoms with E-state index in [-0.39, 0.29) is 12.4 Å². The van der Waals surface area contributed by atoms with Crippen LogP contribution in [-0.2, 0) is 13.2 Å². The second kappa shape index (κ2) is 5.80. The summed E-state index contributed by atoms with van der Waals surface area (Å²) in [6, 6.07) is 10.2. The Bertz CT molecular complexity index is 555. The van der Waals surface area contributed by atoms with Crippen molar-refractivity contribution in [3.63, 3.8) is 0 Å². The van der Waals surface area contributed by atoms with Crippen LogP contribution in [0, 0.1) is 12.7 Å². The molecule has 0 aliphatic rings. The molecular weight excluding hydrogens is 243 g/mol. The second-order valence-corrected chi connectivity index (χ2v) is 4.55. The Balaban J connectivity index is 2.13. The van der Waals surface area contributed by atoms with Gasteiger partial charge in [0, 0.05) is 19.3 Å². The summed E-state index contributed by atoms with van der Waals surface area (Å²) in [7, 11) is 1.93. The monoisotopic (exact) mass is 260 g/mol. The minimum atomic E-state index is -0.229. The largest absolute Gasteiger partial charge is 0.392 e. The first-order valence-electron chi connectivity index (χ1n) is 6.13. The van der Waals surface area contributed by atoms with Crippen LogP contribution in [0.3, 0.4) is 0 Å². The maximum Gasteiger partial charge on any atom is 0.128 e. The van der Waals surface area contributed by atoms with Gasteiger partial charge in [-0.25, -0.2) is 9.37 Å². The van der Waals surface area contributed by atoms with E-state index in [1.165, 1.54) is 12.1 Å². The van der Waals surface area contributed by atoms with Crippen LogP contribution in [0.5, 0.6) is 0 Å². The molecule has 2 aromatic rings. The lowest BCUT2D eigenvalue weighted by molar-refractivity contribution is 0.280. The predicted octanol–water partition coefficient (Wildman–Crippen LogP) is 2.66. The van der Waals surface area contributed by atoms with Gasteiger partial charge in [-0.15, -0.1) is 0 Å². The first-order chi connectivity index (χ1) is 9.10. The lowest BCUT2D eigenvalue weighted by atomic mass is 10.2. The maximum absolute atomic E-state index is 12.8. The Labute approximate surface area is 112 Å². The molecule has 4 heteroatoms. The van der Waals surface area contributed by atoms with Gasteiger partial charge in [0.05, 0.1) is 6.61 Å². The fourth-order valence-corrected chi connectivity index (χ4v) is 1.90. The summed E-state index contributed by atoms with van der Waals surface area (Å²) in [6.07, 6.45) is 0. The van der Waals surface area contributed by atoms with Crippen molar-refractivity contribution in [3.05, 3.63) is 59.0 Å². The molecule has 0 unspecified atom stereocenters. The summed E-state index contributed by atoms with van der Waals surface area (Å²) >= 11 is 0. The number of pyridine rings is 1. The van der Waals surface area contributed by atoms with Crippen LogP contribution >= 0.6 is 0 Å². The number of aryl methyl sites for hydroxylation is 1. The Kier molecular flexibility index (Phi) is 4.12. The van der Waals surface area contributed by atoms with Gasteiger partial charge in [0.2, 0.25) is 0 Å². The zero-order chi connectivity index (χ0) is 13.8. The van der Waals surface area contributed by atoms with Crippen LogP contribution in [0.15, 0.2) is 36.4 Å². The minimum absolute atomic E-state index is 0.000783. The molecule has 0 fully saturated rings. The van der Waals surface area contributed by atoms with E-state index in [4.69, 9.17) is 5.11 Å². The number of hydrogen-bond donors (Lipinski definition) is 1. The molecule has 1 aromatic heterocycles. The zero-order valence-corrected chi connectivity index (χ0v) is 11.1. The number of aliphatic hydroxyl groups excluding tert-OH is 1. The highest BCUT2D eigenvalue weighted by molar-refractivity contribution is 5.41. The third-order valence-corrected chi connectivity index (χ3v) is 3.08. The molecule has 0 aliphatic carbocycles. The van der Waals surface area contributed by atoms with Gasteiger partial charge in [-0.3, -0.25) is 0 Å². The van der Waals surface area contributed by atoms with Crippen LogP contribution in [0.25, 0.3) is 0 Å². The Hall–Kier alpha value is -1.94. The van der Waals surface area contributed by atoms with Crippen molar-refractivity contribution in [2.24, 2.45) is 0 Å². The van der Waals surface area contributed by atoms with Crippen molar-refractivity contribution in [2.75, 3.05) is 11.9 Å². The van der Waals surface area contributed by atoms with E-state index in [0.717, 1.165) is 22.6 Å². The summed E-state index contributed by atoms with van der Waals surface area (Å²) in [5.74, 6) is 0.603. The molecule has 1 N–H and O–H groups in total. The van der Waals surface area contributed by atoms with Gasteiger partial charge >= 0.3 is 0 Å². The number of hydrogen-bond acceptors (Lipinski definition) is 3. The van der Waals surface area contributed by atoms with Gasteiger partial charge in [0.1, 0.15) is 11.6 Å². The van der Waals surface area contributed by atoms with Crippen molar-refractivity contribution in [1.29, 1.82) is 0 Å². The molecule has 0 aliphatic heterocycles. The van der Waals surface area contributed by atoms with E-state index in [1.807, 2.05) is 31.0 Å². The fourth-order valence-electron chi connectivity index (χ4n) is 1.90. The molecule has 0 saturated carbocycles. The van der Waals surface area contributed by atoms with Crippen molar-refractivity contribution in [3.8, 4) is 0 Å². The quantitative estimate of drug-likeness (QED) is 0.918. The minimum Gasteiger partial charge on any atom is -0.392 e. The molecule has 0 bridgehead atoms. The highest BCUT2D eigenvalue weighted by Crippen LogP contribution is 2.16. The lowest BCUT2D eigenvalue weighted by Gasteiger charge is -2.19. The van der Waals surface area contributed by atoms with E-state index in [9.17, 15) is 4.39 Å². The Morgan fingerprint density at radius 1 is 1.16 bits per heavy atom. The average molecular weight is 260 g/mol. The van der Waals surface area contributed by atoms with Crippen LogP contribution in [0.2, 0.25) is 0 Å². The van der Waals surface area contributed by atoms with Gasteiger partial charge in [0.15, 0.2) is 0 Å². The molecule has 2 rings (SSSR count). The van der Waals surface area contributed by atoms with Gasteiger partial charge in [-0.2, -0.15) is 0 Å². The summed E-state index contributed by atoms with van der Waals surface area (Å²) in [5.41, 5.74) is 2.68. The summed E-state index contributed by atoms with van der Waals surface area (Å²) in [4.78, 5) is 6.44. The number of halogens is 1. The maximum atomic E-state index is 12.8. The molecule has 0 amide bonds. The number of rotatable bonds is 4. The van der Waals surface area contributed by atoms with E-state index < -0.39 is 0 Å². The van der Waals surface area contributed by atoms with Gasteiger partial charge < -0.3 is 10.0 Å². The van der Waals surface area contributed by atoms with Crippen molar-refractivity contribution >= 4 is 5.82 Å². The highest BCUT2D eigenvalue weighted by Gasteiger charge is 2.06. The molecule has 19 heavy (non-hydrogen) atoms. The molecule has 0 atom stereocenters. The predicted molar refractivity (Wildman–Crippen MR) is 73.4 cm³/mol. The fraction of sp³-hybridized carbons (Fsp3) is 0.267. The average Bonchev–Trinajstić information content (AvgIpc) is 2.41. The number of benzene rings is 1. The normalized spacial score (nSPS) is 10.5.